The summed E-state index contributed by atoms with van der Waals surface area (Å²) in [6.45, 7) is 0. The van der Waals surface area contributed by atoms with Gasteiger partial charge < -0.3 is 0 Å². The summed E-state index contributed by atoms with van der Waals surface area (Å²) in [5.41, 5.74) is 4.15. The maximum absolute atomic E-state index is 2.45. The van der Waals surface area contributed by atoms with Crippen LogP contribution in [-0.2, 0) is 0 Å². The van der Waals surface area contributed by atoms with Crippen LogP contribution in [0.3, 0.4) is 0 Å². The van der Waals surface area contributed by atoms with Gasteiger partial charge in [0, 0.05) is 16.1 Å². The molecule has 1 aliphatic rings. The van der Waals surface area contributed by atoms with Crippen LogP contribution in [0.25, 0.3) is 4.91 Å². The molecular weight excluding hydrogens is 308 g/mol. The summed E-state index contributed by atoms with van der Waals surface area (Å²) in [5.74, 6) is 0.466. The third-order valence-corrected chi connectivity index (χ3v) is 5.92. The van der Waals surface area contributed by atoms with Crippen molar-refractivity contribution < 1.29 is 0 Å². The summed E-state index contributed by atoms with van der Waals surface area (Å²) in [5, 5.41) is 0.497. The molecule has 0 N–H and O–H groups in total. The van der Waals surface area contributed by atoms with Crippen LogP contribution in [0.5, 0.6) is 0 Å². The Balaban J connectivity index is 1.73. The summed E-state index contributed by atoms with van der Waals surface area (Å²) in [6.07, 6.45) is 3.60. The minimum absolute atomic E-state index is 0.466. The average Bonchev–Trinajstić information content (AvgIpc) is 2.70. The zero-order valence-electron chi connectivity index (χ0n) is 13.5. The van der Waals surface area contributed by atoms with Crippen molar-refractivity contribution in [1.29, 1.82) is 0 Å². The maximum Gasteiger partial charge on any atom is 0.0353 e. The molecule has 0 aliphatic carbocycles. The van der Waals surface area contributed by atoms with Gasteiger partial charge in [0.05, 0.1) is 0 Å². The van der Waals surface area contributed by atoms with Gasteiger partial charge in [-0.3, -0.25) is 0 Å². The van der Waals surface area contributed by atoms with E-state index < -0.39 is 0 Å². The lowest BCUT2D eigenvalue weighted by molar-refractivity contribution is 0.720. The molecule has 1 heterocycles. The summed E-state index contributed by atoms with van der Waals surface area (Å²) in [6, 6.07) is 32.6. The van der Waals surface area contributed by atoms with Gasteiger partial charge in [-0.1, -0.05) is 97.1 Å². The second kappa shape index (κ2) is 7.11. The molecule has 3 aromatic rings. The summed E-state index contributed by atoms with van der Waals surface area (Å²) < 4.78 is 0. The number of hydrogen-bond acceptors (Lipinski definition) is 1. The first-order valence-electron chi connectivity index (χ1n) is 8.44. The van der Waals surface area contributed by atoms with E-state index in [1.54, 1.807) is 0 Å². The molecule has 3 aromatic carbocycles. The van der Waals surface area contributed by atoms with Crippen LogP contribution in [0, 0.1) is 0 Å². The molecule has 0 spiro atoms. The number of allylic oxidation sites excluding steroid dienone is 1. The predicted molar refractivity (Wildman–Crippen MR) is 105 cm³/mol. The first-order chi connectivity index (χ1) is 11.9. The van der Waals surface area contributed by atoms with Crippen molar-refractivity contribution in [3.05, 3.63) is 114 Å². The molecule has 0 saturated heterocycles. The van der Waals surface area contributed by atoms with Crippen LogP contribution in [0.4, 0.5) is 0 Å². The topological polar surface area (TPSA) is 0 Å². The van der Waals surface area contributed by atoms with E-state index in [0.29, 0.717) is 11.2 Å². The minimum atomic E-state index is 0.466. The Morgan fingerprint density at radius 2 is 1.17 bits per heavy atom. The van der Waals surface area contributed by atoms with Gasteiger partial charge in [0.25, 0.3) is 0 Å². The van der Waals surface area contributed by atoms with Gasteiger partial charge in [-0.25, -0.2) is 0 Å². The molecule has 0 bridgehead atoms. The molecule has 24 heavy (non-hydrogen) atoms. The normalized spacial score (nSPS) is 20.4. The molecular formula is C23H20S. The molecule has 0 amide bonds. The minimum Gasteiger partial charge on any atom is -0.118 e. The summed E-state index contributed by atoms with van der Waals surface area (Å²) in [7, 11) is 0. The number of rotatable bonds is 3. The van der Waals surface area contributed by atoms with Crippen molar-refractivity contribution in [2.75, 3.05) is 0 Å². The van der Waals surface area contributed by atoms with Gasteiger partial charge in [0.1, 0.15) is 0 Å². The Morgan fingerprint density at radius 1 is 0.625 bits per heavy atom. The quantitative estimate of drug-likeness (QED) is 0.516. The molecule has 2 atom stereocenters. The van der Waals surface area contributed by atoms with Gasteiger partial charge in [-0.05, 0) is 23.1 Å². The highest BCUT2D eigenvalue weighted by Crippen LogP contribution is 2.50. The molecule has 0 fully saturated rings. The van der Waals surface area contributed by atoms with Crippen molar-refractivity contribution in [1.82, 2.24) is 0 Å². The lowest BCUT2D eigenvalue weighted by Gasteiger charge is -2.29. The van der Waals surface area contributed by atoms with Crippen molar-refractivity contribution in [3.8, 4) is 0 Å². The van der Waals surface area contributed by atoms with Crippen molar-refractivity contribution >= 4 is 16.7 Å². The molecule has 0 saturated carbocycles. The Labute approximate surface area is 148 Å². The number of benzene rings is 3. The SMILES string of the molecule is C1=C(c2ccccc2)S[C@@H](c2ccccc2)C[C@H]1c1ccccc1. The zero-order chi connectivity index (χ0) is 16.2. The van der Waals surface area contributed by atoms with Gasteiger partial charge in [0.2, 0.25) is 0 Å². The fraction of sp³-hybridized carbons (Fsp3) is 0.130. The third kappa shape index (κ3) is 3.32. The Bertz CT molecular complexity index is 806. The Kier molecular flexibility index (Phi) is 4.53. The van der Waals surface area contributed by atoms with E-state index in [1.165, 1.54) is 21.6 Å². The predicted octanol–water partition coefficient (Wildman–Crippen LogP) is 6.69. The standard InChI is InChI=1S/C23H20S/c1-4-10-18(11-5-1)21-16-22(19-12-6-2-7-13-19)24-23(17-21)20-14-8-3-9-15-20/h1-16,21,23H,17H2/t21-,23+/m0/s1. The Hall–Kier alpha value is -2.25. The highest BCUT2D eigenvalue weighted by Gasteiger charge is 2.25. The van der Waals surface area contributed by atoms with Crippen LogP contribution < -0.4 is 0 Å². The summed E-state index contributed by atoms with van der Waals surface area (Å²) >= 11 is 2.00. The molecule has 0 aromatic heterocycles. The van der Waals surface area contributed by atoms with Crippen LogP contribution >= 0.6 is 11.8 Å². The average molecular weight is 328 g/mol. The van der Waals surface area contributed by atoms with Crippen molar-refractivity contribution in [3.63, 3.8) is 0 Å². The van der Waals surface area contributed by atoms with Crippen LogP contribution in [0.1, 0.15) is 34.3 Å². The fourth-order valence-corrected chi connectivity index (χ4v) is 4.71. The first kappa shape index (κ1) is 15.3. The number of thioether (sulfide) groups is 1. The smallest absolute Gasteiger partial charge is 0.0353 e. The molecule has 0 nitrogen and oxygen atoms in total. The molecule has 4 rings (SSSR count). The van der Waals surface area contributed by atoms with Gasteiger partial charge >= 0.3 is 0 Å². The van der Waals surface area contributed by atoms with E-state index in [4.69, 9.17) is 0 Å². The van der Waals surface area contributed by atoms with Gasteiger partial charge in [0.15, 0.2) is 0 Å². The van der Waals surface area contributed by atoms with Crippen LogP contribution in [-0.4, -0.2) is 0 Å². The van der Waals surface area contributed by atoms with E-state index in [0.717, 1.165) is 6.42 Å². The zero-order valence-corrected chi connectivity index (χ0v) is 14.3. The molecule has 1 heteroatoms. The fourth-order valence-electron chi connectivity index (χ4n) is 3.29. The molecule has 1 aliphatic heterocycles. The van der Waals surface area contributed by atoms with E-state index in [-0.39, 0.29) is 0 Å². The highest BCUT2D eigenvalue weighted by atomic mass is 32.2. The molecule has 0 unspecified atom stereocenters. The van der Waals surface area contributed by atoms with Crippen LogP contribution in [0.15, 0.2) is 97.1 Å². The Morgan fingerprint density at radius 3 is 1.79 bits per heavy atom. The van der Waals surface area contributed by atoms with E-state index in [1.807, 2.05) is 11.8 Å². The maximum atomic E-state index is 2.45. The molecule has 0 radical (unpaired) electrons. The second-order valence-electron chi connectivity index (χ2n) is 6.17. The van der Waals surface area contributed by atoms with E-state index in [2.05, 4.69) is 97.1 Å². The third-order valence-electron chi connectivity index (χ3n) is 4.55. The number of hydrogen-bond donors (Lipinski definition) is 0. The largest absolute Gasteiger partial charge is 0.118 e. The summed E-state index contributed by atoms with van der Waals surface area (Å²) in [4.78, 5) is 1.39. The van der Waals surface area contributed by atoms with E-state index >= 15 is 0 Å². The lowest BCUT2D eigenvalue weighted by atomic mass is 9.90. The first-order valence-corrected chi connectivity index (χ1v) is 9.32. The lowest BCUT2D eigenvalue weighted by Crippen LogP contribution is -2.08. The van der Waals surface area contributed by atoms with Crippen molar-refractivity contribution in [2.45, 2.75) is 17.6 Å². The van der Waals surface area contributed by atoms with E-state index in [9.17, 15) is 0 Å². The van der Waals surface area contributed by atoms with Crippen LogP contribution in [0.2, 0.25) is 0 Å². The van der Waals surface area contributed by atoms with Gasteiger partial charge in [-0.2, -0.15) is 0 Å². The van der Waals surface area contributed by atoms with Gasteiger partial charge in [-0.15, -0.1) is 11.8 Å². The van der Waals surface area contributed by atoms with Crippen molar-refractivity contribution in [2.24, 2.45) is 0 Å². The molecule has 118 valence electrons. The monoisotopic (exact) mass is 328 g/mol. The highest BCUT2D eigenvalue weighted by molar-refractivity contribution is 8.08. The second-order valence-corrected chi connectivity index (χ2v) is 7.41.